The first-order valence-electron chi connectivity index (χ1n) is 7.51. The van der Waals surface area contributed by atoms with Crippen LogP contribution in [0, 0.1) is 0 Å². The Morgan fingerprint density at radius 2 is 2.00 bits per heavy atom. The van der Waals surface area contributed by atoms with Gasteiger partial charge in [0, 0.05) is 0 Å². The maximum absolute atomic E-state index is 10.6. The molecule has 0 fully saturated rings. The van der Waals surface area contributed by atoms with Crippen molar-refractivity contribution in [1.82, 2.24) is 15.3 Å². The van der Waals surface area contributed by atoms with Crippen LogP contribution in [0.15, 0.2) is 11.3 Å². The summed E-state index contributed by atoms with van der Waals surface area (Å²) in [5.74, 6) is 0.0163. The molecule has 7 heteroatoms. The van der Waals surface area contributed by atoms with Gasteiger partial charge in [0.25, 0.3) is 0 Å². The third-order valence-electron chi connectivity index (χ3n) is 3.23. The number of aryl methyl sites for hydroxylation is 1. The summed E-state index contributed by atoms with van der Waals surface area (Å²) in [6.07, 6.45) is 10.1. The van der Waals surface area contributed by atoms with Gasteiger partial charge in [-0.05, 0) is 12.8 Å². The first-order chi connectivity index (χ1) is 10.1. The van der Waals surface area contributed by atoms with Crippen molar-refractivity contribution in [3.63, 3.8) is 0 Å². The fourth-order valence-corrected chi connectivity index (χ4v) is 2.10. The highest BCUT2D eigenvalue weighted by Crippen LogP contribution is 2.11. The van der Waals surface area contributed by atoms with Gasteiger partial charge in [0.1, 0.15) is 0 Å². The monoisotopic (exact) mass is 294 g/mol. The first-order valence-corrected chi connectivity index (χ1v) is 7.51. The highest BCUT2D eigenvalue weighted by Gasteiger charge is 2.05. The number of rotatable bonds is 9. The normalized spacial score (nSPS) is 11.6. The predicted molar refractivity (Wildman–Crippen MR) is 83.7 cm³/mol. The van der Waals surface area contributed by atoms with Crippen molar-refractivity contribution < 1.29 is 4.79 Å². The Morgan fingerprint density at radius 1 is 1.29 bits per heavy atom. The standard InChI is InChI=1S/C14H26N6O/c1-2-3-4-5-6-7-8-11-12(19-10-18-11)9-17-13(15)20-14(16)21/h10H,2-9H2,1H3,(H,18,19)(H5,15,16,17,20,21). The summed E-state index contributed by atoms with van der Waals surface area (Å²) in [6, 6.07) is -0.715. The van der Waals surface area contributed by atoms with E-state index in [4.69, 9.17) is 11.5 Å². The molecule has 7 nitrogen and oxygen atoms in total. The number of H-pyrrole nitrogens is 1. The van der Waals surface area contributed by atoms with Gasteiger partial charge in [0.15, 0.2) is 5.96 Å². The zero-order valence-electron chi connectivity index (χ0n) is 12.7. The molecule has 0 spiro atoms. The molecule has 0 atom stereocenters. The number of aliphatic imine (C=N–C) groups is 1. The van der Waals surface area contributed by atoms with Gasteiger partial charge in [-0.3, -0.25) is 5.32 Å². The third-order valence-corrected chi connectivity index (χ3v) is 3.23. The molecular weight excluding hydrogens is 268 g/mol. The third kappa shape index (κ3) is 7.34. The zero-order valence-corrected chi connectivity index (χ0v) is 12.7. The topological polar surface area (TPSA) is 122 Å². The minimum Gasteiger partial charge on any atom is -0.370 e. The Hall–Kier alpha value is -2.05. The molecule has 1 heterocycles. The Bertz CT molecular complexity index is 454. The molecule has 0 unspecified atom stereocenters. The van der Waals surface area contributed by atoms with E-state index in [2.05, 4.69) is 27.2 Å². The number of carbonyl (C=O) groups is 1. The number of nitrogens with one attached hydrogen (secondary N) is 2. The second-order valence-electron chi connectivity index (χ2n) is 5.04. The average molecular weight is 294 g/mol. The van der Waals surface area contributed by atoms with Crippen LogP contribution in [-0.2, 0) is 13.0 Å². The fraction of sp³-hybridized carbons (Fsp3) is 0.643. The summed E-state index contributed by atoms with van der Waals surface area (Å²) < 4.78 is 0. The molecule has 0 aliphatic heterocycles. The van der Waals surface area contributed by atoms with Gasteiger partial charge in [0.2, 0.25) is 0 Å². The van der Waals surface area contributed by atoms with E-state index in [9.17, 15) is 4.79 Å². The number of urea groups is 1. The summed E-state index contributed by atoms with van der Waals surface area (Å²) in [7, 11) is 0. The van der Waals surface area contributed by atoms with E-state index in [0.29, 0.717) is 6.54 Å². The number of primary amides is 1. The van der Waals surface area contributed by atoms with Gasteiger partial charge in [0.05, 0.1) is 24.3 Å². The number of hydrogen-bond acceptors (Lipinski definition) is 3. The summed E-state index contributed by atoms with van der Waals surface area (Å²) >= 11 is 0. The van der Waals surface area contributed by atoms with E-state index in [1.54, 1.807) is 6.33 Å². The van der Waals surface area contributed by atoms with Crippen LogP contribution in [0.2, 0.25) is 0 Å². The molecule has 6 N–H and O–H groups in total. The van der Waals surface area contributed by atoms with Crippen LogP contribution >= 0.6 is 0 Å². The van der Waals surface area contributed by atoms with Crippen LogP contribution in [0.25, 0.3) is 0 Å². The molecule has 1 rings (SSSR count). The second kappa shape index (κ2) is 9.79. The van der Waals surface area contributed by atoms with Crippen LogP contribution in [0.4, 0.5) is 4.79 Å². The molecule has 0 saturated heterocycles. The van der Waals surface area contributed by atoms with Gasteiger partial charge in [-0.25, -0.2) is 14.8 Å². The van der Waals surface area contributed by atoms with Crippen molar-refractivity contribution in [2.24, 2.45) is 16.5 Å². The van der Waals surface area contributed by atoms with Gasteiger partial charge in [-0.2, -0.15) is 0 Å². The van der Waals surface area contributed by atoms with Crippen LogP contribution in [-0.4, -0.2) is 22.0 Å². The summed E-state index contributed by atoms with van der Waals surface area (Å²) in [5.41, 5.74) is 12.4. The molecule has 0 aliphatic rings. The minimum atomic E-state index is -0.715. The number of amides is 2. The summed E-state index contributed by atoms with van der Waals surface area (Å²) in [5, 5.41) is 2.23. The summed E-state index contributed by atoms with van der Waals surface area (Å²) in [6.45, 7) is 2.58. The van der Waals surface area contributed by atoms with Gasteiger partial charge in [-0.1, -0.05) is 39.0 Å². The maximum atomic E-state index is 10.6. The Morgan fingerprint density at radius 3 is 2.71 bits per heavy atom. The van der Waals surface area contributed by atoms with Gasteiger partial charge in [-0.15, -0.1) is 0 Å². The van der Waals surface area contributed by atoms with Crippen molar-refractivity contribution in [3.05, 3.63) is 17.7 Å². The summed E-state index contributed by atoms with van der Waals surface area (Å²) in [4.78, 5) is 22.0. The molecular formula is C14H26N6O. The van der Waals surface area contributed by atoms with Crippen molar-refractivity contribution >= 4 is 12.0 Å². The lowest BCUT2D eigenvalue weighted by atomic mass is 10.1. The fourth-order valence-electron chi connectivity index (χ4n) is 2.10. The van der Waals surface area contributed by atoms with Crippen LogP contribution in [0.3, 0.4) is 0 Å². The van der Waals surface area contributed by atoms with Crippen LogP contribution in [0.1, 0.15) is 56.8 Å². The average Bonchev–Trinajstić information content (AvgIpc) is 2.87. The number of aromatic nitrogens is 2. The van der Waals surface area contributed by atoms with E-state index < -0.39 is 6.03 Å². The number of nitrogens with zero attached hydrogens (tertiary/aromatic N) is 2. The molecule has 1 aromatic heterocycles. The molecule has 0 radical (unpaired) electrons. The number of imidazole rings is 1. The number of carbonyl (C=O) groups excluding carboxylic acids is 1. The SMILES string of the molecule is CCCCCCCCc1nc[nH]c1CN=C(N)NC(N)=O. The molecule has 21 heavy (non-hydrogen) atoms. The Labute approximate surface area is 125 Å². The van der Waals surface area contributed by atoms with Crippen LogP contribution in [0.5, 0.6) is 0 Å². The largest absolute Gasteiger partial charge is 0.370 e. The smallest absolute Gasteiger partial charge is 0.318 e. The molecule has 0 saturated carbocycles. The Balaban J connectivity index is 2.34. The lowest BCUT2D eigenvalue weighted by molar-refractivity contribution is 0.253. The van der Waals surface area contributed by atoms with E-state index in [0.717, 1.165) is 24.2 Å². The quantitative estimate of drug-likeness (QED) is 0.315. The van der Waals surface area contributed by atoms with Gasteiger partial charge < -0.3 is 16.5 Å². The van der Waals surface area contributed by atoms with Gasteiger partial charge >= 0.3 is 6.03 Å². The van der Waals surface area contributed by atoms with E-state index in [-0.39, 0.29) is 5.96 Å². The number of unbranched alkanes of at least 4 members (excludes halogenated alkanes) is 5. The van der Waals surface area contributed by atoms with E-state index in [1.807, 2.05) is 0 Å². The van der Waals surface area contributed by atoms with E-state index >= 15 is 0 Å². The van der Waals surface area contributed by atoms with Crippen molar-refractivity contribution in [2.45, 2.75) is 58.4 Å². The second-order valence-corrected chi connectivity index (χ2v) is 5.04. The number of nitrogens with two attached hydrogens (primary N) is 2. The molecule has 0 aromatic carbocycles. The highest BCUT2D eigenvalue weighted by molar-refractivity contribution is 5.94. The molecule has 2 amide bonds. The highest BCUT2D eigenvalue weighted by atomic mass is 16.2. The zero-order chi connectivity index (χ0) is 15.5. The molecule has 1 aromatic rings. The minimum absolute atomic E-state index is 0.0163. The van der Waals surface area contributed by atoms with Crippen molar-refractivity contribution in [3.8, 4) is 0 Å². The lowest BCUT2D eigenvalue weighted by Crippen LogP contribution is -2.40. The number of hydrogen-bond donors (Lipinski definition) is 4. The number of aromatic amines is 1. The maximum Gasteiger partial charge on any atom is 0.318 e. The first kappa shape index (κ1) is 17.0. The van der Waals surface area contributed by atoms with Crippen LogP contribution < -0.4 is 16.8 Å². The van der Waals surface area contributed by atoms with Crippen molar-refractivity contribution in [2.75, 3.05) is 0 Å². The molecule has 0 bridgehead atoms. The Kier molecular flexibility index (Phi) is 7.93. The molecule has 118 valence electrons. The molecule has 0 aliphatic carbocycles. The predicted octanol–water partition coefficient (Wildman–Crippen LogP) is 1.80. The van der Waals surface area contributed by atoms with E-state index in [1.165, 1.54) is 32.1 Å². The lowest BCUT2D eigenvalue weighted by Gasteiger charge is -2.03. The van der Waals surface area contributed by atoms with Crippen molar-refractivity contribution in [1.29, 1.82) is 0 Å². The number of guanidine groups is 1.